The van der Waals surface area contributed by atoms with Gasteiger partial charge in [0.25, 0.3) is 5.56 Å². The second-order valence-corrected chi connectivity index (χ2v) is 4.81. The maximum Gasteiger partial charge on any atom is 0.278 e. The first-order valence-corrected chi connectivity index (χ1v) is 4.83. The third-order valence-corrected chi connectivity index (χ3v) is 2.52. The van der Waals surface area contributed by atoms with Gasteiger partial charge in [-0.1, -0.05) is 20.8 Å². The molecule has 0 bridgehead atoms. The lowest BCUT2D eigenvalue weighted by Gasteiger charge is -2.24. The van der Waals surface area contributed by atoms with Crippen LogP contribution in [0, 0.1) is 5.41 Å². The smallest absolute Gasteiger partial charge is 0.278 e. The normalized spacial score (nSPS) is 19.3. The van der Waals surface area contributed by atoms with E-state index in [0.29, 0.717) is 11.4 Å². The van der Waals surface area contributed by atoms with Crippen molar-refractivity contribution in [1.29, 1.82) is 0 Å². The zero-order chi connectivity index (χ0) is 11.2. The number of nitrogen functional groups attached to an aromatic ring is 1. The number of nitrogens with one attached hydrogen (secondary N) is 1. The number of aromatic amines is 1. The topological polar surface area (TPSA) is 84.1 Å². The van der Waals surface area contributed by atoms with Gasteiger partial charge in [0, 0.05) is 12.1 Å². The summed E-state index contributed by atoms with van der Waals surface area (Å²) in [4.78, 5) is 22.2. The van der Waals surface area contributed by atoms with Crippen LogP contribution < -0.4 is 11.3 Å². The summed E-state index contributed by atoms with van der Waals surface area (Å²) in [5.74, 6) is 0.204. The van der Waals surface area contributed by atoms with E-state index in [1.807, 2.05) is 0 Å². The van der Waals surface area contributed by atoms with E-state index in [-0.39, 0.29) is 22.8 Å². The molecule has 0 saturated heterocycles. The lowest BCUT2D eigenvalue weighted by atomic mass is 9.80. The number of hydrogen-bond donors (Lipinski definition) is 2. The van der Waals surface area contributed by atoms with Crippen LogP contribution in [0.2, 0.25) is 0 Å². The summed E-state index contributed by atoms with van der Waals surface area (Å²) in [6, 6.07) is 0. The Morgan fingerprint density at radius 3 is 2.73 bits per heavy atom. The molecule has 1 aromatic heterocycles. The number of rotatable bonds is 0. The van der Waals surface area contributed by atoms with Gasteiger partial charge in [-0.3, -0.25) is 14.8 Å². The van der Waals surface area contributed by atoms with Gasteiger partial charge in [-0.05, 0) is 5.41 Å². The highest BCUT2D eigenvalue weighted by atomic mass is 16.1. The molecule has 1 unspecified atom stereocenters. The minimum Gasteiger partial charge on any atom is -0.369 e. The van der Waals surface area contributed by atoms with Gasteiger partial charge in [0.1, 0.15) is 5.69 Å². The average molecular weight is 206 g/mol. The molecule has 0 saturated carbocycles. The highest BCUT2D eigenvalue weighted by molar-refractivity contribution is 5.80. The number of nitrogens with zero attached hydrogens (tertiary/aromatic N) is 2. The van der Waals surface area contributed by atoms with Crippen LogP contribution in [0.4, 0.5) is 11.6 Å². The van der Waals surface area contributed by atoms with Crippen LogP contribution >= 0.6 is 0 Å². The molecule has 80 valence electrons. The molecule has 1 aliphatic rings. The fourth-order valence-electron chi connectivity index (χ4n) is 1.70. The van der Waals surface area contributed by atoms with Gasteiger partial charge in [-0.2, -0.15) is 0 Å². The highest BCUT2D eigenvalue weighted by Gasteiger charge is 2.33. The van der Waals surface area contributed by atoms with Crippen LogP contribution in [-0.4, -0.2) is 16.2 Å². The van der Waals surface area contributed by atoms with Crippen LogP contribution in [0.15, 0.2) is 9.79 Å². The Morgan fingerprint density at radius 1 is 1.47 bits per heavy atom. The number of aliphatic imine (C=N–C) groups is 1. The van der Waals surface area contributed by atoms with E-state index in [2.05, 4.69) is 35.7 Å². The van der Waals surface area contributed by atoms with Gasteiger partial charge < -0.3 is 5.73 Å². The van der Waals surface area contributed by atoms with Crippen molar-refractivity contribution in [1.82, 2.24) is 9.97 Å². The minimum absolute atomic E-state index is 0.0119. The second kappa shape index (κ2) is 2.92. The molecule has 2 heterocycles. The summed E-state index contributed by atoms with van der Waals surface area (Å²) in [6.45, 7) is 6.24. The summed E-state index contributed by atoms with van der Waals surface area (Å²) in [7, 11) is 0. The summed E-state index contributed by atoms with van der Waals surface area (Å²) in [5, 5.41) is 0. The second-order valence-electron chi connectivity index (χ2n) is 4.81. The number of H-pyrrole nitrogens is 1. The van der Waals surface area contributed by atoms with Crippen molar-refractivity contribution in [3.8, 4) is 0 Å². The maximum absolute atomic E-state index is 11.5. The molecule has 1 atom stereocenters. The molecule has 1 aromatic rings. The largest absolute Gasteiger partial charge is 0.369 e. The van der Waals surface area contributed by atoms with Crippen molar-refractivity contribution in [2.75, 3.05) is 5.73 Å². The Bertz CT molecular complexity index is 481. The molecule has 5 heteroatoms. The van der Waals surface area contributed by atoms with Gasteiger partial charge in [0.2, 0.25) is 5.95 Å². The predicted octanol–water partition coefficient (Wildman–Crippen LogP) is 1.20. The van der Waals surface area contributed by atoms with Crippen molar-refractivity contribution in [3.05, 3.63) is 16.0 Å². The first kappa shape index (κ1) is 9.89. The van der Waals surface area contributed by atoms with Crippen LogP contribution in [0.25, 0.3) is 0 Å². The zero-order valence-electron chi connectivity index (χ0n) is 9.03. The van der Waals surface area contributed by atoms with Gasteiger partial charge in [-0.15, -0.1) is 0 Å². The molecule has 0 spiro atoms. The highest BCUT2D eigenvalue weighted by Crippen LogP contribution is 2.39. The molecular weight excluding hydrogens is 192 g/mol. The van der Waals surface area contributed by atoms with E-state index in [0.717, 1.165) is 0 Å². The van der Waals surface area contributed by atoms with Crippen molar-refractivity contribution >= 4 is 17.9 Å². The Hall–Kier alpha value is -1.65. The Kier molecular flexibility index (Phi) is 1.92. The first-order valence-electron chi connectivity index (χ1n) is 4.83. The van der Waals surface area contributed by atoms with E-state index in [9.17, 15) is 4.79 Å². The molecule has 0 radical (unpaired) electrons. The quantitative estimate of drug-likeness (QED) is 0.668. The molecule has 0 amide bonds. The van der Waals surface area contributed by atoms with Crippen LogP contribution in [0.5, 0.6) is 0 Å². The SMILES string of the molecule is CC(C)(C)C1C=Nc2c1nc(N)[nH]c2=O. The number of nitrogens with two attached hydrogens (primary N) is 1. The maximum atomic E-state index is 11.5. The molecule has 0 fully saturated rings. The molecule has 1 aliphatic heterocycles. The Labute approximate surface area is 87.5 Å². The number of hydrogen-bond acceptors (Lipinski definition) is 4. The molecule has 3 N–H and O–H groups in total. The molecule has 2 rings (SSSR count). The van der Waals surface area contributed by atoms with Crippen molar-refractivity contribution in [2.24, 2.45) is 10.4 Å². The van der Waals surface area contributed by atoms with Crippen LogP contribution in [0.3, 0.4) is 0 Å². The average Bonchev–Trinajstić information content (AvgIpc) is 2.45. The van der Waals surface area contributed by atoms with Crippen LogP contribution in [0.1, 0.15) is 32.4 Å². The van der Waals surface area contributed by atoms with Crippen LogP contribution in [-0.2, 0) is 0 Å². The van der Waals surface area contributed by atoms with E-state index < -0.39 is 0 Å². The van der Waals surface area contributed by atoms with E-state index in [4.69, 9.17) is 5.73 Å². The van der Waals surface area contributed by atoms with Crippen molar-refractivity contribution in [3.63, 3.8) is 0 Å². The summed E-state index contributed by atoms with van der Waals surface area (Å²) in [5.41, 5.74) is 6.32. The van der Waals surface area contributed by atoms with Gasteiger partial charge in [0.05, 0.1) is 5.69 Å². The van der Waals surface area contributed by atoms with E-state index in [1.54, 1.807) is 6.21 Å². The minimum atomic E-state index is -0.263. The molecule has 0 aromatic carbocycles. The fraction of sp³-hybridized carbons (Fsp3) is 0.500. The standard InChI is InChI=1S/C10H14N4O/c1-10(2,3)5-4-12-7-6(5)13-9(11)14-8(7)15/h4-5H,1-3H3,(H3,11,13,14,15). The Balaban J connectivity index is 2.61. The molecular formula is C10H14N4O. The third-order valence-electron chi connectivity index (χ3n) is 2.52. The monoisotopic (exact) mass is 206 g/mol. The van der Waals surface area contributed by atoms with Crippen molar-refractivity contribution in [2.45, 2.75) is 26.7 Å². The van der Waals surface area contributed by atoms with Gasteiger partial charge >= 0.3 is 0 Å². The zero-order valence-corrected chi connectivity index (χ0v) is 9.03. The number of fused-ring (bicyclic) bond motifs is 1. The lowest BCUT2D eigenvalue weighted by Crippen LogP contribution is -2.21. The molecule has 15 heavy (non-hydrogen) atoms. The molecule has 5 nitrogen and oxygen atoms in total. The van der Waals surface area contributed by atoms with E-state index >= 15 is 0 Å². The third kappa shape index (κ3) is 1.54. The number of anilines is 1. The lowest BCUT2D eigenvalue weighted by molar-refractivity contribution is 0.386. The predicted molar refractivity (Wildman–Crippen MR) is 59.6 cm³/mol. The van der Waals surface area contributed by atoms with E-state index in [1.165, 1.54) is 0 Å². The Morgan fingerprint density at radius 2 is 2.13 bits per heavy atom. The summed E-state index contributed by atoms with van der Waals surface area (Å²) in [6.07, 6.45) is 1.77. The van der Waals surface area contributed by atoms with Gasteiger partial charge in [0.15, 0.2) is 0 Å². The summed E-state index contributed by atoms with van der Waals surface area (Å²) >= 11 is 0. The number of aromatic nitrogens is 2. The molecule has 0 aliphatic carbocycles. The van der Waals surface area contributed by atoms with Crippen molar-refractivity contribution < 1.29 is 0 Å². The van der Waals surface area contributed by atoms with Gasteiger partial charge in [-0.25, -0.2) is 4.98 Å². The fourth-order valence-corrected chi connectivity index (χ4v) is 1.70. The first-order chi connectivity index (χ1) is 6.89. The summed E-state index contributed by atoms with van der Waals surface area (Å²) < 4.78 is 0.